The quantitative estimate of drug-likeness (QED) is 0.633. The van der Waals surface area contributed by atoms with Gasteiger partial charge in [0.05, 0.1) is 7.11 Å². The summed E-state index contributed by atoms with van der Waals surface area (Å²) >= 11 is 0. The standard InChI is InChI=1S/C20H18N4O4/c1-27-15-9-7-14(8-10-15)24-19(25)17(13-5-3-2-4-6-13)28-20(26)16-18(21)23-12-11-22-16/h2-12,17H,1H3,(H2,21,23)(H,24,25)/t17-/m1/s1. The predicted molar refractivity (Wildman–Crippen MR) is 103 cm³/mol. The number of hydrogen-bond acceptors (Lipinski definition) is 7. The van der Waals surface area contributed by atoms with Crippen LogP contribution in [0.2, 0.25) is 0 Å². The van der Waals surface area contributed by atoms with Crippen LogP contribution in [0.15, 0.2) is 67.0 Å². The molecule has 0 aliphatic carbocycles. The number of ether oxygens (including phenoxy) is 2. The van der Waals surface area contributed by atoms with Crippen LogP contribution in [0.1, 0.15) is 22.2 Å². The Morgan fingerprint density at radius 2 is 1.68 bits per heavy atom. The molecule has 1 amide bonds. The lowest BCUT2D eigenvalue weighted by Crippen LogP contribution is -2.26. The number of nitrogens with one attached hydrogen (secondary N) is 1. The zero-order valence-electron chi connectivity index (χ0n) is 15.0. The Hall–Kier alpha value is -3.94. The van der Waals surface area contributed by atoms with E-state index in [2.05, 4.69) is 15.3 Å². The number of methoxy groups -OCH3 is 1. The van der Waals surface area contributed by atoms with Crippen LogP contribution in [0.5, 0.6) is 5.75 Å². The van der Waals surface area contributed by atoms with Gasteiger partial charge in [-0.05, 0) is 24.3 Å². The second-order valence-electron chi connectivity index (χ2n) is 5.70. The van der Waals surface area contributed by atoms with Crippen molar-refractivity contribution in [1.82, 2.24) is 9.97 Å². The van der Waals surface area contributed by atoms with Gasteiger partial charge in [-0.25, -0.2) is 14.8 Å². The van der Waals surface area contributed by atoms with E-state index in [9.17, 15) is 9.59 Å². The Labute approximate surface area is 161 Å². The molecule has 1 heterocycles. The van der Waals surface area contributed by atoms with E-state index in [0.29, 0.717) is 17.0 Å². The van der Waals surface area contributed by atoms with Gasteiger partial charge in [-0.2, -0.15) is 0 Å². The SMILES string of the molecule is COc1ccc(NC(=O)[C@H](OC(=O)c2nccnc2N)c2ccccc2)cc1. The Kier molecular flexibility index (Phi) is 5.81. The minimum absolute atomic E-state index is 0.0742. The first-order valence-electron chi connectivity index (χ1n) is 8.36. The van der Waals surface area contributed by atoms with Crippen LogP contribution in [-0.2, 0) is 9.53 Å². The van der Waals surface area contributed by atoms with Gasteiger partial charge in [-0.1, -0.05) is 30.3 Å². The molecule has 0 unspecified atom stereocenters. The molecule has 0 radical (unpaired) electrons. The van der Waals surface area contributed by atoms with E-state index >= 15 is 0 Å². The van der Waals surface area contributed by atoms with Crippen LogP contribution in [0.25, 0.3) is 0 Å². The minimum atomic E-state index is -1.20. The average molecular weight is 378 g/mol. The Bertz CT molecular complexity index is 961. The van der Waals surface area contributed by atoms with Gasteiger partial charge in [-0.15, -0.1) is 0 Å². The molecule has 3 aromatic rings. The van der Waals surface area contributed by atoms with Crippen molar-refractivity contribution < 1.29 is 19.1 Å². The Morgan fingerprint density at radius 1 is 1.00 bits per heavy atom. The summed E-state index contributed by atoms with van der Waals surface area (Å²) in [6.45, 7) is 0. The highest BCUT2D eigenvalue weighted by Gasteiger charge is 2.27. The summed E-state index contributed by atoms with van der Waals surface area (Å²) in [5, 5.41) is 2.72. The largest absolute Gasteiger partial charge is 0.497 e. The van der Waals surface area contributed by atoms with Crippen molar-refractivity contribution >= 4 is 23.4 Å². The van der Waals surface area contributed by atoms with E-state index in [-0.39, 0.29) is 11.5 Å². The second-order valence-corrected chi connectivity index (χ2v) is 5.70. The molecule has 8 nitrogen and oxygen atoms in total. The van der Waals surface area contributed by atoms with Gasteiger partial charge in [0.25, 0.3) is 5.91 Å². The maximum Gasteiger partial charge on any atom is 0.361 e. The lowest BCUT2D eigenvalue weighted by molar-refractivity contribution is -0.125. The zero-order valence-corrected chi connectivity index (χ0v) is 15.0. The number of nitrogen functional groups attached to an aromatic ring is 1. The van der Waals surface area contributed by atoms with Gasteiger partial charge in [0, 0.05) is 23.6 Å². The minimum Gasteiger partial charge on any atom is -0.497 e. The van der Waals surface area contributed by atoms with Crippen molar-refractivity contribution in [2.24, 2.45) is 0 Å². The maximum absolute atomic E-state index is 12.8. The molecular weight excluding hydrogens is 360 g/mol. The molecule has 0 spiro atoms. The van der Waals surface area contributed by atoms with Crippen molar-refractivity contribution in [1.29, 1.82) is 0 Å². The molecule has 0 aliphatic heterocycles. The van der Waals surface area contributed by atoms with E-state index in [1.807, 2.05) is 0 Å². The van der Waals surface area contributed by atoms with Crippen LogP contribution in [-0.4, -0.2) is 29.0 Å². The Morgan fingerprint density at radius 3 is 2.32 bits per heavy atom. The van der Waals surface area contributed by atoms with Crippen molar-refractivity contribution in [2.75, 3.05) is 18.2 Å². The molecule has 142 valence electrons. The highest BCUT2D eigenvalue weighted by atomic mass is 16.5. The number of carbonyl (C=O) groups is 2. The number of carbonyl (C=O) groups excluding carboxylic acids is 2. The summed E-state index contributed by atoms with van der Waals surface area (Å²) in [4.78, 5) is 33.0. The predicted octanol–water partition coefficient (Wildman–Crippen LogP) is 2.60. The lowest BCUT2D eigenvalue weighted by atomic mass is 10.1. The third kappa shape index (κ3) is 4.42. The summed E-state index contributed by atoms with van der Waals surface area (Å²) in [5.41, 5.74) is 6.56. The molecule has 1 aromatic heterocycles. The third-order valence-electron chi connectivity index (χ3n) is 3.84. The normalized spacial score (nSPS) is 11.3. The first-order valence-corrected chi connectivity index (χ1v) is 8.36. The number of aromatic nitrogens is 2. The number of rotatable bonds is 6. The van der Waals surface area contributed by atoms with Crippen LogP contribution >= 0.6 is 0 Å². The molecule has 8 heteroatoms. The smallest absolute Gasteiger partial charge is 0.361 e. The third-order valence-corrected chi connectivity index (χ3v) is 3.84. The average Bonchev–Trinajstić information content (AvgIpc) is 2.73. The summed E-state index contributed by atoms with van der Waals surface area (Å²) in [5.74, 6) is -0.784. The van der Waals surface area contributed by atoms with Crippen molar-refractivity contribution in [2.45, 2.75) is 6.10 Å². The maximum atomic E-state index is 12.8. The van der Waals surface area contributed by atoms with Gasteiger partial charge in [0.15, 0.2) is 11.5 Å². The molecule has 28 heavy (non-hydrogen) atoms. The number of esters is 1. The number of nitrogens with two attached hydrogens (primary N) is 1. The number of nitrogens with zero attached hydrogens (tertiary/aromatic N) is 2. The van der Waals surface area contributed by atoms with Gasteiger partial charge in [0.1, 0.15) is 5.75 Å². The molecule has 0 bridgehead atoms. The summed E-state index contributed by atoms with van der Waals surface area (Å²) < 4.78 is 10.5. The second kappa shape index (κ2) is 8.63. The first-order chi connectivity index (χ1) is 13.6. The highest BCUT2D eigenvalue weighted by Crippen LogP contribution is 2.23. The molecule has 3 rings (SSSR count). The topological polar surface area (TPSA) is 116 Å². The van der Waals surface area contributed by atoms with Gasteiger partial charge >= 0.3 is 5.97 Å². The van der Waals surface area contributed by atoms with Crippen LogP contribution < -0.4 is 15.8 Å². The summed E-state index contributed by atoms with van der Waals surface area (Å²) in [6, 6.07) is 15.4. The number of benzene rings is 2. The number of anilines is 2. The van der Waals surface area contributed by atoms with E-state index < -0.39 is 18.0 Å². The molecule has 3 N–H and O–H groups in total. The molecule has 0 saturated carbocycles. The fourth-order valence-electron chi connectivity index (χ4n) is 2.45. The summed E-state index contributed by atoms with van der Waals surface area (Å²) in [6.07, 6.45) is 1.48. The van der Waals surface area contributed by atoms with Crippen molar-refractivity contribution in [3.63, 3.8) is 0 Å². The van der Waals surface area contributed by atoms with Gasteiger partial charge < -0.3 is 20.5 Å². The molecule has 1 atom stereocenters. The monoisotopic (exact) mass is 378 g/mol. The van der Waals surface area contributed by atoms with Gasteiger partial charge in [0.2, 0.25) is 6.10 Å². The number of amides is 1. The molecule has 0 fully saturated rings. The van der Waals surface area contributed by atoms with Crippen LogP contribution in [0, 0.1) is 0 Å². The van der Waals surface area contributed by atoms with Gasteiger partial charge in [-0.3, -0.25) is 4.79 Å². The van der Waals surface area contributed by atoms with Crippen molar-refractivity contribution in [3.05, 3.63) is 78.2 Å². The first kappa shape index (κ1) is 18.8. The molecule has 2 aromatic carbocycles. The van der Waals surface area contributed by atoms with Crippen LogP contribution in [0.4, 0.5) is 11.5 Å². The summed E-state index contributed by atoms with van der Waals surface area (Å²) in [7, 11) is 1.55. The van der Waals surface area contributed by atoms with E-state index in [1.54, 1.807) is 61.7 Å². The van der Waals surface area contributed by atoms with Crippen LogP contribution in [0.3, 0.4) is 0 Å². The van der Waals surface area contributed by atoms with E-state index in [1.165, 1.54) is 12.4 Å². The molecule has 0 saturated heterocycles. The Balaban J connectivity index is 1.83. The lowest BCUT2D eigenvalue weighted by Gasteiger charge is -2.18. The van der Waals surface area contributed by atoms with E-state index in [4.69, 9.17) is 15.2 Å². The number of hydrogen-bond donors (Lipinski definition) is 2. The molecular formula is C20H18N4O4. The van der Waals surface area contributed by atoms with Crippen molar-refractivity contribution in [3.8, 4) is 5.75 Å². The fraction of sp³-hybridized carbons (Fsp3) is 0.100. The fourth-order valence-corrected chi connectivity index (χ4v) is 2.45. The highest BCUT2D eigenvalue weighted by molar-refractivity contribution is 5.98. The molecule has 0 aliphatic rings. The zero-order chi connectivity index (χ0) is 19.9. The van der Waals surface area contributed by atoms with E-state index in [0.717, 1.165) is 0 Å².